The first-order valence-electron chi connectivity index (χ1n) is 7.95. The Balaban J connectivity index is 0. The summed E-state index contributed by atoms with van der Waals surface area (Å²) >= 11 is 0. The van der Waals surface area contributed by atoms with Crippen LogP contribution in [0.5, 0.6) is 0 Å². The highest BCUT2D eigenvalue weighted by Crippen LogP contribution is 2.22. The van der Waals surface area contributed by atoms with Crippen LogP contribution < -0.4 is 0 Å². The zero-order valence-corrected chi connectivity index (χ0v) is 14.9. The molecule has 1 atom stereocenters. The van der Waals surface area contributed by atoms with Crippen molar-refractivity contribution in [2.75, 3.05) is 0 Å². The average Bonchev–Trinajstić information content (AvgIpc) is 2.13. The number of hydrogen-bond acceptors (Lipinski definition) is 0. The fourth-order valence-corrected chi connectivity index (χ4v) is 1.74. The molecule has 0 aromatic heterocycles. The Morgan fingerprint density at radius 3 is 1.28 bits per heavy atom. The predicted molar refractivity (Wildman–Crippen MR) is 87.0 cm³/mol. The van der Waals surface area contributed by atoms with Crippen LogP contribution in [-0.2, 0) is 0 Å². The van der Waals surface area contributed by atoms with Crippen molar-refractivity contribution in [2.45, 2.75) is 88.5 Å². The highest BCUT2D eigenvalue weighted by molar-refractivity contribution is 4.62. The SMILES string of the molecule is CC(C)CC(C)C(C)C.CC(C)CCC(C)(C)C. The van der Waals surface area contributed by atoms with Crippen LogP contribution in [-0.4, -0.2) is 0 Å². The van der Waals surface area contributed by atoms with Gasteiger partial charge in [-0.15, -0.1) is 0 Å². The van der Waals surface area contributed by atoms with E-state index in [9.17, 15) is 0 Å². The van der Waals surface area contributed by atoms with Crippen LogP contribution in [0.25, 0.3) is 0 Å². The first kappa shape index (κ1) is 20.3. The zero-order chi connectivity index (χ0) is 14.9. The van der Waals surface area contributed by atoms with Crippen molar-refractivity contribution in [3.05, 3.63) is 0 Å². The molecule has 0 saturated carbocycles. The molecule has 1 unspecified atom stereocenters. The Bertz CT molecular complexity index is 169. The molecular formula is C18H40. The zero-order valence-electron chi connectivity index (χ0n) is 14.9. The van der Waals surface area contributed by atoms with Gasteiger partial charge in [0.05, 0.1) is 0 Å². The third kappa shape index (κ3) is 18.4. The molecule has 0 saturated heterocycles. The maximum atomic E-state index is 2.34. The van der Waals surface area contributed by atoms with E-state index in [-0.39, 0.29) is 0 Å². The summed E-state index contributed by atoms with van der Waals surface area (Å²) in [6, 6.07) is 0. The molecule has 0 fully saturated rings. The summed E-state index contributed by atoms with van der Waals surface area (Å²) in [6.07, 6.45) is 4.09. The summed E-state index contributed by atoms with van der Waals surface area (Å²) in [7, 11) is 0. The molecule has 0 aromatic carbocycles. The lowest BCUT2D eigenvalue weighted by Crippen LogP contribution is -2.06. The van der Waals surface area contributed by atoms with Gasteiger partial charge in [-0.25, -0.2) is 0 Å². The van der Waals surface area contributed by atoms with Gasteiger partial charge in [0.25, 0.3) is 0 Å². The van der Waals surface area contributed by atoms with Crippen molar-refractivity contribution in [3.8, 4) is 0 Å². The second-order valence-corrected chi connectivity index (χ2v) is 8.34. The van der Waals surface area contributed by atoms with Gasteiger partial charge < -0.3 is 0 Å². The van der Waals surface area contributed by atoms with Crippen LogP contribution in [0.4, 0.5) is 0 Å². The van der Waals surface area contributed by atoms with Crippen molar-refractivity contribution >= 4 is 0 Å². The Labute approximate surface area is 118 Å². The van der Waals surface area contributed by atoms with Crippen LogP contribution in [0.15, 0.2) is 0 Å². The molecule has 0 bridgehead atoms. The molecule has 0 amide bonds. The Morgan fingerprint density at radius 2 is 1.17 bits per heavy atom. The normalized spacial score (nSPS) is 13.8. The van der Waals surface area contributed by atoms with Gasteiger partial charge in [-0.2, -0.15) is 0 Å². The summed E-state index contributed by atoms with van der Waals surface area (Å²) in [4.78, 5) is 0. The van der Waals surface area contributed by atoms with Crippen molar-refractivity contribution in [2.24, 2.45) is 29.1 Å². The topological polar surface area (TPSA) is 0 Å². The second-order valence-electron chi connectivity index (χ2n) is 8.34. The van der Waals surface area contributed by atoms with Gasteiger partial charge in [0.2, 0.25) is 0 Å². The van der Waals surface area contributed by atoms with E-state index < -0.39 is 0 Å². The van der Waals surface area contributed by atoms with Crippen LogP contribution in [0.1, 0.15) is 88.5 Å². The molecule has 0 N–H and O–H groups in total. The maximum absolute atomic E-state index is 2.34. The molecule has 0 nitrogen and oxygen atoms in total. The van der Waals surface area contributed by atoms with Gasteiger partial charge in [-0.3, -0.25) is 0 Å². The van der Waals surface area contributed by atoms with Crippen molar-refractivity contribution in [3.63, 3.8) is 0 Å². The van der Waals surface area contributed by atoms with E-state index in [1.54, 1.807) is 0 Å². The third-order valence-corrected chi connectivity index (χ3v) is 3.45. The molecule has 0 aliphatic heterocycles. The van der Waals surface area contributed by atoms with E-state index in [1.807, 2.05) is 0 Å². The summed E-state index contributed by atoms with van der Waals surface area (Å²) in [5, 5.41) is 0. The lowest BCUT2D eigenvalue weighted by Gasteiger charge is -2.18. The van der Waals surface area contributed by atoms with Crippen molar-refractivity contribution in [1.29, 1.82) is 0 Å². The molecule has 0 spiro atoms. The molecule has 0 heteroatoms. The number of hydrogen-bond donors (Lipinski definition) is 0. The first-order valence-corrected chi connectivity index (χ1v) is 7.95. The van der Waals surface area contributed by atoms with E-state index in [0.717, 1.165) is 23.7 Å². The Kier molecular flexibility index (Phi) is 11.1. The highest BCUT2D eigenvalue weighted by Gasteiger charge is 2.09. The largest absolute Gasteiger partial charge is 0.0628 e. The minimum absolute atomic E-state index is 0.532. The van der Waals surface area contributed by atoms with E-state index in [1.165, 1.54) is 19.3 Å². The maximum Gasteiger partial charge on any atom is -0.0383 e. The van der Waals surface area contributed by atoms with Gasteiger partial charge in [0, 0.05) is 0 Å². The van der Waals surface area contributed by atoms with E-state index in [0.29, 0.717) is 5.41 Å². The molecule has 0 rings (SSSR count). The van der Waals surface area contributed by atoms with Gasteiger partial charge in [0.1, 0.15) is 0 Å². The van der Waals surface area contributed by atoms with Crippen LogP contribution >= 0.6 is 0 Å². The Hall–Kier alpha value is 0. The monoisotopic (exact) mass is 256 g/mol. The lowest BCUT2D eigenvalue weighted by atomic mass is 9.88. The molecule has 0 radical (unpaired) electrons. The summed E-state index contributed by atoms with van der Waals surface area (Å²) < 4.78 is 0. The molecule has 18 heavy (non-hydrogen) atoms. The van der Waals surface area contributed by atoms with E-state index in [4.69, 9.17) is 0 Å². The molecular weight excluding hydrogens is 216 g/mol. The average molecular weight is 257 g/mol. The van der Waals surface area contributed by atoms with Crippen LogP contribution in [0.2, 0.25) is 0 Å². The van der Waals surface area contributed by atoms with Crippen LogP contribution in [0.3, 0.4) is 0 Å². The quantitative estimate of drug-likeness (QED) is 0.508. The lowest BCUT2D eigenvalue weighted by molar-refractivity contribution is 0.338. The smallest absolute Gasteiger partial charge is 0.0383 e. The Morgan fingerprint density at radius 1 is 0.722 bits per heavy atom. The van der Waals surface area contributed by atoms with Gasteiger partial charge in [-0.1, -0.05) is 75.7 Å². The van der Waals surface area contributed by atoms with Gasteiger partial charge in [-0.05, 0) is 41.9 Å². The summed E-state index contributed by atoms with van der Waals surface area (Å²) in [5.41, 5.74) is 0.532. The van der Waals surface area contributed by atoms with E-state index >= 15 is 0 Å². The predicted octanol–water partition coefficient (Wildman–Crippen LogP) is 6.79. The minimum atomic E-state index is 0.532. The van der Waals surface area contributed by atoms with Crippen molar-refractivity contribution in [1.82, 2.24) is 0 Å². The van der Waals surface area contributed by atoms with Crippen LogP contribution in [0, 0.1) is 29.1 Å². The van der Waals surface area contributed by atoms with Gasteiger partial charge in [0.15, 0.2) is 0 Å². The molecule has 0 heterocycles. The fourth-order valence-electron chi connectivity index (χ4n) is 1.74. The fraction of sp³-hybridized carbons (Fsp3) is 1.00. The van der Waals surface area contributed by atoms with Crippen molar-refractivity contribution < 1.29 is 0 Å². The summed E-state index contributed by atoms with van der Waals surface area (Å²) in [6.45, 7) is 23.0. The summed E-state index contributed by atoms with van der Waals surface area (Å²) in [5.74, 6) is 3.48. The molecule has 0 aliphatic carbocycles. The third-order valence-electron chi connectivity index (χ3n) is 3.45. The van der Waals surface area contributed by atoms with Gasteiger partial charge >= 0.3 is 0 Å². The minimum Gasteiger partial charge on any atom is -0.0628 e. The standard InChI is InChI=1S/2C9H20/c1-8(2)6-7-9(3,4)5;1-7(2)6-9(5)8(3)4/h8H,6-7H2,1-5H3;7-9H,6H2,1-5H3. The molecule has 112 valence electrons. The molecule has 0 aliphatic rings. The molecule has 0 aromatic rings. The first-order chi connectivity index (χ1) is 7.95. The second kappa shape index (κ2) is 9.87. The van der Waals surface area contributed by atoms with E-state index in [2.05, 4.69) is 69.2 Å². The number of rotatable bonds is 5. The highest BCUT2D eigenvalue weighted by atomic mass is 14.2.